The third-order valence-corrected chi connectivity index (χ3v) is 2.13. The van der Waals surface area contributed by atoms with E-state index in [0.717, 1.165) is 5.69 Å². The van der Waals surface area contributed by atoms with E-state index < -0.39 is 0 Å². The van der Waals surface area contributed by atoms with Gasteiger partial charge in [0.2, 0.25) is 0 Å². The molecule has 3 nitrogen and oxygen atoms in total. The summed E-state index contributed by atoms with van der Waals surface area (Å²) in [5.74, 6) is -0.206. The molecule has 0 spiro atoms. The number of methoxy groups -OCH3 is 1. The quantitative estimate of drug-likeness (QED) is 0.700. The van der Waals surface area contributed by atoms with E-state index in [4.69, 9.17) is 10.5 Å². The van der Waals surface area contributed by atoms with E-state index >= 15 is 0 Å². The van der Waals surface area contributed by atoms with Gasteiger partial charge in [-0.3, -0.25) is 0 Å². The average molecular weight is 212 g/mol. The van der Waals surface area contributed by atoms with Gasteiger partial charge in [-0.15, -0.1) is 0 Å². The van der Waals surface area contributed by atoms with Gasteiger partial charge in [0, 0.05) is 24.9 Å². The van der Waals surface area contributed by atoms with E-state index in [9.17, 15) is 4.39 Å². The highest BCUT2D eigenvalue weighted by molar-refractivity contribution is 5.51. The zero-order valence-electron chi connectivity index (χ0n) is 8.92. The van der Waals surface area contributed by atoms with Crippen LogP contribution in [0.2, 0.25) is 0 Å². The second kappa shape index (κ2) is 6.37. The lowest BCUT2D eigenvalue weighted by atomic mass is 10.1. The third kappa shape index (κ3) is 3.49. The molecule has 0 aliphatic carbocycles. The number of nitrogens with two attached hydrogens (primary N) is 1. The van der Waals surface area contributed by atoms with Crippen molar-refractivity contribution in [2.75, 3.05) is 32.1 Å². The van der Waals surface area contributed by atoms with E-state index in [1.807, 2.05) is 6.07 Å². The number of rotatable bonds is 6. The Bertz CT molecular complexity index is 305. The van der Waals surface area contributed by atoms with Gasteiger partial charge in [-0.25, -0.2) is 4.39 Å². The first-order chi connectivity index (χ1) is 7.29. The maximum absolute atomic E-state index is 13.4. The van der Waals surface area contributed by atoms with Gasteiger partial charge in [0.15, 0.2) is 0 Å². The topological polar surface area (TPSA) is 47.3 Å². The summed E-state index contributed by atoms with van der Waals surface area (Å²) < 4.78 is 18.3. The van der Waals surface area contributed by atoms with Crippen LogP contribution in [0.25, 0.3) is 0 Å². The molecule has 0 saturated carbocycles. The van der Waals surface area contributed by atoms with Gasteiger partial charge in [0.05, 0.1) is 6.61 Å². The number of halogens is 1. The predicted octanol–water partition coefficient (Wildman–Crippen LogP) is 1.39. The SMILES string of the molecule is COCCNc1cccc(F)c1CCN. The van der Waals surface area contributed by atoms with Crippen molar-refractivity contribution >= 4 is 5.69 Å². The summed E-state index contributed by atoms with van der Waals surface area (Å²) in [5, 5.41) is 3.12. The Morgan fingerprint density at radius 2 is 2.27 bits per heavy atom. The van der Waals surface area contributed by atoms with Gasteiger partial charge >= 0.3 is 0 Å². The molecule has 0 bridgehead atoms. The Morgan fingerprint density at radius 1 is 1.47 bits per heavy atom. The Morgan fingerprint density at radius 3 is 2.93 bits per heavy atom. The largest absolute Gasteiger partial charge is 0.383 e. The van der Waals surface area contributed by atoms with E-state index in [1.54, 1.807) is 13.2 Å². The van der Waals surface area contributed by atoms with Gasteiger partial charge in [0.1, 0.15) is 5.82 Å². The van der Waals surface area contributed by atoms with Crippen LogP contribution in [0.3, 0.4) is 0 Å². The molecule has 0 fully saturated rings. The molecule has 0 amide bonds. The molecule has 0 atom stereocenters. The summed E-state index contributed by atoms with van der Waals surface area (Å²) in [5.41, 5.74) is 6.89. The minimum Gasteiger partial charge on any atom is -0.383 e. The molecule has 1 rings (SSSR count). The van der Waals surface area contributed by atoms with Crippen molar-refractivity contribution in [3.63, 3.8) is 0 Å². The molecular weight excluding hydrogens is 195 g/mol. The first kappa shape index (κ1) is 11.9. The maximum Gasteiger partial charge on any atom is 0.128 e. The summed E-state index contributed by atoms with van der Waals surface area (Å²) in [6.07, 6.45) is 0.544. The summed E-state index contributed by atoms with van der Waals surface area (Å²) in [6, 6.07) is 4.99. The predicted molar refractivity (Wildman–Crippen MR) is 59.5 cm³/mol. The van der Waals surface area contributed by atoms with Crippen molar-refractivity contribution in [1.29, 1.82) is 0 Å². The number of anilines is 1. The Hall–Kier alpha value is -1.13. The fraction of sp³-hybridized carbons (Fsp3) is 0.455. The molecule has 0 saturated heterocycles. The Kier molecular flexibility index (Phi) is 5.07. The zero-order chi connectivity index (χ0) is 11.1. The summed E-state index contributed by atoms with van der Waals surface area (Å²) in [7, 11) is 1.63. The molecule has 0 unspecified atom stereocenters. The number of benzene rings is 1. The van der Waals surface area contributed by atoms with E-state index in [1.165, 1.54) is 6.07 Å². The van der Waals surface area contributed by atoms with Crippen LogP contribution in [-0.4, -0.2) is 26.8 Å². The second-order valence-corrected chi connectivity index (χ2v) is 3.22. The van der Waals surface area contributed by atoms with Crippen molar-refractivity contribution in [3.05, 3.63) is 29.6 Å². The monoisotopic (exact) mass is 212 g/mol. The minimum atomic E-state index is -0.206. The van der Waals surface area contributed by atoms with Crippen molar-refractivity contribution in [2.24, 2.45) is 5.73 Å². The standard InChI is InChI=1S/C11H17FN2O/c1-15-8-7-14-11-4-2-3-10(12)9(11)5-6-13/h2-4,14H,5-8,13H2,1H3. The highest BCUT2D eigenvalue weighted by Gasteiger charge is 2.06. The van der Waals surface area contributed by atoms with Crippen LogP contribution >= 0.6 is 0 Å². The molecule has 0 aliphatic rings. The molecule has 0 aromatic heterocycles. The van der Waals surface area contributed by atoms with Crippen LogP contribution in [0.15, 0.2) is 18.2 Å². The van der Waals surface area contributed by atoms with Gasteiger partial charge in [-0.2, -0.15) is 0 Å². The highest BCUT2D eigenvalue weighted by atomic mass is 19.1. The smallest absolute Gasteiger partial charge is 0.128 e. The lowest BCUT2D eigenvalue weighted by Gasteiger charge is -2.11. The van der Waals surface area contributed by atoms with Crippen molar-refractivity contribution in [2.45, 2.75) is 6.42 Å². The third-order valence-electron chi connectivity index (χ3n) is 2.13. The molecule has 0 heterocycles. The van der Waals surface area contributed by atoms with Gasteiger partial charge in [0.25, 0.3) is 0 Å². The fourth-order valence-corrected chi connectivity index (χ4v) is 1.41. The molecule has 4 heteroatoms. The fourth-order valence-electron chi connectivity index (χ4n) is 1.41. The number of nitrogens with one attached hydrogen (secondary N) is 1. The molecule has 0 radical (unpaired) electrons. The molecule has 1 aromatic rings. The summed E-state index contributed by atoms with van der Waals surface area (Å²) >= 11 is 0. The van der Waals surface area contributed by atoms with Crippen LogP contribution in [-0.2, 0) is 11.2 Å². The van der Waals surface area contributed by atoms with Crippen molar-refractivity contribution < 1.29 is 9.13 Å². The van der Waals surface area contributed by atoms with E-state index in [0.29, 0.717) is 31.7 Å². The van der Waals surface area contributed by atoms with Crippen LogP contribution in [0, 0.1) is 5.82 Å². The highest BCUT2D eigenvalue weighted by Crippen LogP contribution is 2.18. The van der Waals surface area contributed by atoms with Gasteiger partial charge < -0.3 is 15.8 Å². The van der Waals surface area contributed by atoms with E-state index in [2.05, 4.69) is 5.32 Å². The molecule has 3 N–H and O–H groups in total. The summed E-state index contributed by atoms with van der Waals surface area (Å²) in [4.78, 5) is 0. The number of hydrogen-bond donors (Lipinski definition) is 2. The maximum atomic E-state index is 13.4. The molecule has 0 aliphatic heterocycles. The number of hydrogen-bond acceptors (Lipinski definition) is 3. The van der Waals surface area contributed by atoms with Gasteiger partial charge in [-0.1, -0.05) is 6.07 Å². The van der Waals surface area contributed by atoms with Crippen molar-refractivity contribution in [1.82, 2.24) is 0 Å². The summed E-state index contributed by atoms with van der Waals surface area (Å²) in [6.45, 7) is 1.70. The van der Waals surface area contributed by atoms with Crippen LogP contribution in [0.5, 0.6) is 0 Å². The molecular formula is C11H17FN2O. The lowest BCUT2D eigenvalue weighted by molar-refractivity contribution is 0.210. The zero-order valence-corrected chi connectivity index (χ0v) is 8.92. The first-order valence-corrected chi connectivity index (χ1v) is 5.00. The average Bonchev–Trinajstić information content (AvgIpc) is 2.23. The first-order valence-electron chi connectivity index (χ1n) is 5.00. The van der Waals surface area contributed by atoms with Crippen LogP contribution in [0.4, 0.5) is 10.1 Å². The van der Waals surface area contributed by atoms with Crippen LogP contribution < -0.4 is 11.1 Å². The second-order valence-electron chi connectivity index (χ2n) is 3.22. The molecule has 84 valence electrons. The van der Waals surface area contributed by atoms with Gasteiger partial charge in [-0.05, 0) is 25.1 Å². The Balaban J connectivity index is 2.71. The van der Waals surface area contributed by atoms with E-state index in [-0.39, 0.29) is 5.82 Å². The molecule has 15 heavy (non-hydrogen) atoms. The molecule has 1 aromatic carbocycles. The lowest BCUT2D eigenvalue weighted by Crippen LogP contribution is -2.12. The van der Waals surface area contributed by atoms with Crippen molar-refractivity contribution in [3.8, 4) is 0 Å². The number of ether oxygens (including phenoxy) is 1. The van der Waals surface area contributed by atoms with Crippen LogP contribution in [0.1, 0.15) is 5.56 Å². The normalized spacial score (nSPS) is 10.3. The minimum absolute atomic E-state index is 0.206. The Labute approximate surface area is 89.4 Å².